The highest BCUT2D eigenvalue weighted by atomic mass is 32.2. The monoisotopic (exact) mass is 271 g/mol. The van der Waals surface area contributed by atoms with Gasteiger partial charge in [0, 0.05) is 6.26 Å². The molecule has 5 nitrogen and oxygen atoms in total. The molecular formula is C10H9NO4S2. The van der Waals surface area contributed by atoms with Crippen molar-refractivity contribution >= 4 is 37.4 Å². The number of rotatable bonds is 3. The van der Waals surface area contributed by atoms with Crippen molar-refractivity contribution < 1.29 is 18.3 Å². The quantitative estimate of drug-likeness (QED) is 0.915. The Morgan fingerprint density at radius 3 is 2.76 bits per heavy atom. The minimum atomic E-state index is -3.12. The predicted molar refractivity (Wildman–Crippen MR) is 65.1 cm³/mol. The van der Waals surface area contributed by atoms with Crippen LogP contribution < -0.4 is 0 Å². The van der Waals surface area contributed by atoms with Crippen LogP contribution in [0.3, 0.4) is 0 Å². The molecule has 0 aliphatic carbocycles. The van der Waals surface area contributed by atoms with Gasteiger partial charge >= 0.3 is 5.97 Å². The summed E-state index contributed by atoms with van der Waals surface area (Å²) in [5.74, 6) is -1.13. The lowest BCUT2D eigenvalue weighted by atomic mass is 10.2. The number of hydrogen-bond donors (Lipinski definition) is 1. The first-order valence-electron chi connectivity index (χ1n) is 4.66. The minimum Gasteiger partial charge on any atom is -0.478 e. The molecule has 1 aromatic carbocycles. The lowest BCUT2D eigenvalue weighted by molar-refractivity contribution is 0.0697. The molecule has 0 saturated heterocycles. The Balaban J connectivity index is 2.47. The molecule has 1 heterocycles. The molecule has 0 aliphatic heterocycles. The van der Waals surface area contributed by atoms with Gasteiger partial charge in [-0.15, -0.1) is 11.3 Å². The molecule has 2 rings (SSSR count). The van der Waals surface area contributed by atoms with Crippen molar-refractivity contribution in [3.05, 3.63) is 28.8 Å². The summed E-state index contributed by atoms with van der Waals surface area (Å²) in [5.41, 5.74) is 0.797. The fraction of sp³-hybridized carbons (Fsp3) is 0.200. The number of thiazole rings is 1. The van der Waals surface area contributed by atoms with Crippen molar-refractivity contribution in [3.8, 4) is 0 Å². The maximum absolute atomic E-state index is 11.1. The van der Waals surface area contributed by atoms with Crippen LogP contribution in [0.5, 0.6) is 0 Å². The summed E-state index contributed by atoms with van der Waals surface area (Å²) in [5, 5.41) is 9.30. The number of carbonyl (C=O) groups is 1. The lowest BCUT2D eigenvalue weighted by Crippen LogP contribution is -1.99. The molecule has 0 aliphatic rings. The van der Waals surface area contributed by atoms with Crippen LogP contribution in [0.15, 0.2) is 18.2 Å². The van der Waals surface area contributed by atoms with Gasteiger partial charge in [-0.2, -0.15) is 0 Å². The smallest absolute Gasteiger partial charge is 0.335 e. The Hall–Kier alpha value is -1.47. The van der Waals surface area contributed by atoms with Gasteiger partial charge in [0.1, 0.15) is 10.8 Å². The van der Waals surface area contributed by atoms with E-state index in [1.807, 2.05) is 0 Å². The van der Waals surface area contributed by atoms with E-state index < -0.39 is 15.8 Å². The van der Waals surface area contributed by atoms with Gasteiger partial charge in [-0.3, -0.25) is 0 Å². The molecular weight excluding hydrogens is 262 g/mol. The molecule has 0 bridgehead atoms. The number of nitrogens with zero attached hydrogens (tertiary/aromatic N) is 1. The van der Waals surface area contributed by atoms with Crippen LogP contribution >= 0.6 is 11.3 Å². The molecule has 0 atom stereocenters. The van der Waals surface area contributed by atoms with Crippen LogP contribution in [-0.4, -0.2) is 30.7 Å². The number of sulfone groups is 1. The van der Waals surface area contributed by atoms with Crippen LogP contribution in [0, 0.1) is 0 Å². The maximum Gasteiger partial charge on any atom is 0.335 e. The van der Waals surface area contributed by atoms with E-state index in [2.05, 4.69) is 4.98 Å². The highest BCUT2D eigenvalue weighted by Crippen LogP contribution is 2.24. The summed E-state index contributed by atoms with van der Waals surface area (Å²) >= 11 is 1.20. The average Bonchev–Trinajstić information content (AvgIpc) is 2.54. The van der Waals surface area contributed by atoms with Gasteiger partial charge in [-0.1, -0.05) is 0 Å². The van der Waals surface area contributed by atoms with E-state index in [0.29, 0.717) is 15.2 Å². The number of aromatic nitrogens is 1. The average molecular weight is 271 g/mol. The zero-order valence-corrected chi connectivity index (χ0v) is 10.5. The van der Waals surface area contributed by atoms with Gasteiger partial charge in [0.25, 0.3) is 0 Å². The van der Waals surface area contributed by atoms with Gasteiger partial charge in [0.2, 0.25) is 0 Å². The molecule has 7 heteroatoms. The first-order valence-corrected chi connectivity index (χ1v) is 7.53. The molecule has 1 N–H and O–H groups in total. The molecule has 0 radical (unpaired) electrons. The van der Waals surface area contributed by atoms with Crippen molar-refractivity contribution in [2.24, 2.45) is 0 Å². The van der Waals surface area contributed by atoms with Crippen molar-refractivity contribution in [2.75, 3.05) is 6.26 Å². The van der Waals surface area contributed by atoms with E-state index in [4.69, 9.17) is 5.11 Å². The Kier molecular flexibility index (Phi) is 2.88. The van der Waals surface area contributed by atoms with Crippen LogP contribution in [-0.2, 0) is 15.6 Å². The van der Waals surface area contributed by atoms with Crippen molar-refractivity contribution in [2.45, 2.75) is 5.75 Å². The fourth-order valence-corrected chi connectivity index (χ4v) is 3.58. The Labute approximate surface area is 102 Å². The molecule has 0 saturated carbocycles. The predicted octanol–water partition coefficient (Wildman–Crippen LogP) is 1.54. The second-order valence-electron chi connectivity index (χ2n) is 3.67. The highest BCUT2D eigenvalue weighted by molar-refractivity contribution is 7.90. The Morgan fingerprint density at radius 2 is 2.18 bits per heavy atom. The second kappa shape index (κ2) is 4.08. The minimum absolute atomic E-state index is 0.116. The summed E-state index contributed by atoms with van der Waals surface area (Å²) in [4.78, 5) is 14.9. The number of carboxylic acids is 1. The SMILES string of the molecule is CS(=O)(=O)Cc1nc2ccc(C(=O)O)cc2s1. The number of carboxylic acid groups (broad SMARTS) is 1. The first kappa shape index (κ1) is 12.0. The van der Waals surface area contributed by atoms with Crippen LogP contribution in [0.4, 0.5) is 0 Å². The number of fused-ring (bicyclic) bond motifs is 1. The topological polar surface area (TPSA) is 84.3 Å². The van der Waals surface area contributed by atoms with E-state index in [0.717, 1.165) is 6.26 Å². The maximum atomic E-state index is 11.1. The second-order valence-corrected chi connectivity index (χ2v) is 6.92. The lowest BCUT2D eigenvalue weighted by Gasteiger charge is -1.91. The normalized spacial score (nSPS) is 11.8. The van der Waals surface area contributed by atoms with Crippen LogP contribution in [0.25, 0.3) is 10.2 Å². The number of aromatic carboxylic acids is 1. The largest absolute Gasteiger partial charge is 0.478 e. The van der Waals surface area contributed by atoms with Gasteiger partial charge in [0.05, 0.1) is 15.8 Å². The molecule has 90 valence electrons. The van der Waals surface area contributed by atoms with E-state index in [-0.39, 0.29) is 11.3 Å². The zero-order valence-electron chi connectivity index (χ0n) is 8.87. The molecule has 0 fully saturated rings. The van der Waals surface area contributed by atoms with Crippen LogP contribution in [0.2, 0.25) is 0 Å². The third-order valence-corrected chi connectivity index (χ3v) is 4.06. The summed E-state index contributed by atoms with van der Waals surface area (Å²) in [6.07, 6.45) is 1.14. The van der Waals surface area contributed by atoms with Crippen molar-refractivity contribution in [1.29, 1.82) is 0 Å². The van der Waals surface area contributed by atoms with Crippen LogP contribution in [0.1, 0.15) is 15.4 Å². The summed E-state index contributed by atoms with van der Waals surface area (Å²) in [7, 11) is -3.12. The standard InChI is InChI=1S/C10H9NO4S2/c1-17(14,15)5-9-11-7-3-2-6(10(12)13)4-8(7)16-9/h2-4H,5H2,1H3,(H,12,13). The van der Waals surface area contributed by atoms with Crippen molar-refractivity contribution in [3.63, 3.8) is 0 Å². The van der Waals surface area contributed by atoms with E-state index >= 15 is 0 Å². The molecule has 1 aromatic heterocycles. The highest BCUT2D eigenvalue weighted by Gasteiger charge is 2.11. The van der Waals surface area contributed by atoms with E-state index in [1.54, 1.807) is 6.07 Å². The van der Waals surface area contributed by atoms with Gasteiger partial charge in [-0.05, 0) is 18.2 Å². The third-order valence-electron chi connectivity index (χ3n) is 2.07. The first-order chi connectivity index (χ1) is 7.85. The third kappa shape index (κ3) is 2.80. The van der Waals surface area contributed by atoms with Gasteiger partial charge < -0.3 is 5.11 Å². The molecule has 2 aromatic rings. The van der Waals surface area contributed by atoms with Gasteiger partial charge in [0.15, 0.2) is 9.84 Å². The molecule has 0 spiro atoms. The Bertz CT molecular complexity index is 687. The molecule has 0 unspecified atom stereocenters. The summed E-state index contributed by atoms with van der Waals surface area (Å²) < 4.78 is 22.9. The summed E-state index contributed by atoms with van der Waals surface area (Å²) in [6.45, 7) is 0. The Morgan fingerprint density at radius 1 is 1.47 bits per heavy atom. The molecule has 17 heavy (non-hydrogen) atoms. The zero-order chi connectivity index (χ0) is 12.6. The number of benzene rings is 1. The van der Waals surface area contributed by atoms with E-state index in [9.17, 15) is 13.2 Å². The molecule has 0 amide bonds. The summed E-state index contributed by atoms with van der Waals surface area (Å²) in [6, 6.07) is 4.54. The van der Waals surface area contributed by atoms with E-state index in [1.165, 1.54) is 23.5 Å². The van der Waals surface area contributed by atoms with Crippen molar-refractivity contribution in [1.82, 2.24) is 4.98 Å². The fourth-order valence-electron chi connectivity index (χ4n) is 1.39. The van der Waals surface area contributed by atoms with Gasteiger partial charge in [-0.25, -0.2) is 18.2 Å². The number of hydrogen-bond acceptors (Lipinski definition) is 5.